The Morgan fingerprint density at radius 3 is 2.24 bits per heavy atom. The Morgan fingerprint density at radius 2 is 1.62 bits per heavy atom. The maximum atomic E-state index is 11.7. The van der Waals surface area contributed by atoms with Crippen LogP contribution in [0.1, 0.15) is 37.0 Å². The fourth-order valence-corrected chi connectivity index (χ4v) is 2.07. The SMILES string of the molecule is CCC(OOC(=O)CCc1ccccc1)c1ccccc1. The minimum absolute atomic E-state index is 0.216. The van der Waals surface area contributed by atoms with Crippen molar-refractivity contribution in [1.29, 1.82) is 0 Å². The van der Waals surface area contributed by atoms with Gasteiger partial charge in [0.05, 0.1) is 6.42 Å². The molecule has 0 aliphatic heterocycles. The van der Waals surface area contributed by atoms with E-state index in [1.165, 1.54) is 0 Å². The lowest BCUT2D eigenvalue weighted by Crippen LogP contribution is -2.10. The van der Waals surface area contributed by atoms with Gasteiger partial charge in [0.25, 0.3) is 0 Å². The smallest absolute Gasteiger partial charge is 0.298 e. The summed E-state index contributed by atoms with van der Waals surface area (Å²) in [5.41, 5.74) is 2.13. The molecule has 3 nitrogen and oxygen atoms in total. The fourth-order valence-electron chi connectivity index (χ4n) is 2.07. The second kappa shape index (κ2) is 8.22. The van der Waals surface area contributed by atoms with Crippen molar-refractivity contribution in [3.05, 3.63) is 71.8 Å². The van der Waals surface area contributed by atoms with E-state index >= 15 is 0 Å². The second-order valence-electron chi connectivity index (χ2n) is 4.84. The molecule has 0 heterocycles. The minimum Gasteiger partial charge on any atom is -0.298 e. The topological polar surface area (TPSA) is 35.5 Å². The zero-order valence-corrected chi connectivity index (χ0v) is 12.2. The highest BCUT2D eigenvalue weighted by atomic mass is 17.2. The molecule has 110 valence electrons. The lowest BCUT2D eigenvalue weighted by molar-refractivity contribution is -0.301. The van der Waals surface area contributed by atoms with Crippen molar-refractivity contribution in [2.75, 3.05) is 0 Å². The predicted octanol–water partition coefficient (Wildman–Crippen LogP) is 4.25. The molecule has 0 bridgehead atoms. The molecule has 0 aromatic heterocycles. The molecule has 0 saturated heterocycles. The van der Waals surface area contributed by atoms with Crippen LogP contribution in [0.3, 0.4) is 0 Å². The van der Waals surface area contributed by atoms with E-state index in [0.29, 0.717) is 12.8 Å². The van der Waals surface area contributed by atoms with Gasteiger partial charge in [-0.05, 0) is 24.0 Å². The van der Waals surface area contributed by atoms with Crippen LogP contribution in [0, 0.1) is 0 Å². The number of rotatable bonds is 7. The largest absolute Gasteiger partial charge is 0.342 e. The lowest BCUT2D eigenvalue weighted by atomic mass is 10.1. The Labute approximate surface area is 125 Å². The summed E-state index contributed by atoms with van der Waals surface area (Å²) in [5.74, 6) is -0.340. The van der Waals surface area contributed by atoms with Gasteiger partial charge in [0, 0.05) is 0 Å². The van der Waals surface area contributed by atoms with Gasteiger partial charge in [0.15, 0.2) is 0 Å². The Balaban J connectivity index is 1.77. The molecular weight excluding hydrogens is 264 g/mol. The van der Waals surface area contributed by atoms with Crippen LogP contribution in [-0.2, 0) is 21.0 Å². The van der Waals surface area contributed by atoms with Gasteiger partial charge < -0.3 is 0 Å². The summed E-state index contributed by atoms with van der Waals surface area (Å²) in [5, 5.41) is 0. The second-order valence-corrected chi connectivity index (χ2v) is 4.84. The number of hydrogen-bond donors (Lipinski definition) is 0. The van der Waals surface area contributed by atoms with E-state index in [1.54, 1.807) is 0 Å². The van der Waals surface area contributed by atoms with Crippen LogP contribution in [0.25, 0.3) is 0 Å². The highest BCUT2D eigenvalue weighted by molar-refractivity contribution is 5.69. The quantitative estimate of drug-likeness (QED) is 0.563. The van der Waals surface area contributed by atoms with Crippen molar-refractivity contribution >= 4 is 5.97 Å². The summed E-state index contributed by atoms with van der Waals surface area (Å²) in [6.07, 6.45) is 1.50. The molecule has 0 spiro atoms. The summed E-state index contributed by atoms with van der Waals surface area (Å²) in [6, 6.07) is 19.6. The number of hydrogen-bond acceptors (Lipinski definition) is 3. The van der Waals surface area contributed by atoms with E-state index in [9.17, 15) is 4.79 Å². The van der Waals surface area contributed by atoms with Gasteiger partial charge in [0.1, 0.15) is 6.10 Å². The first-order valence-electron chi connectivity index (χ1n) is 7.24. The van der Waals surface area contributed by atoms with Crippen molar-refractivity contribution < 1.29 is 14.6 Å². The highest BCUT2D eigenvalue weighted by Gasteiger charge is 2.13. The normalized spacial score (nSPS) is 11.9. The molecule has 2 aromatic rings. The maximum Gasteiger partial charge on any atom is 0.342 e. The van der Waals surface area contributed by atoms with Crippen LogP contribution in [0.4, 0.5) is 0 Å². The molecule has 0 amide bonds. The van der Waals surface area contributed by atoms with Gasteiger partial charge in [-0.3, -0.25) is 4.89 Å². The molecule has 3 heteroatoms. The van der Waals surface area contributed by atoms with Gasteiger partial charge in [-0.15, -0.1) is 0 Å². The Bertz CT molecular complexity index is 537. The van der Waals surface area contributed by atoms with E-state index in [-0.39, 0.29) is 12.1 Å². The molecule has 0 radical (unpaired) electrons. The maximum absolute atomic E-state index is 11.7. The van der Waals surface area contributed by atoms with Gasteiger partial charge in [-0.1, -0.05) is 67.6 Å². The summed E-state index contributed by atoms with van der Waals surface area (Å²) in [7, 11) is 0. The third kappa shape index (κ3) is 5.04. The third-order valence-corrected chi connectivity index (χ3v) is 3.26. The van der Waals surface area contributed by atoms with Crippen LogP contribution in [0.5, 0.6) is 0 Å². The lowest BCUT2D eigenvalue weighted by Gasteiger charge is -2.14. The molecule has 1 atom stereocenters. The standard InChI is InChI=1S/C18H20O3/c1-2-17(16-11-7-4-8-12-16)20-21-18(19)14-13-15-9-5-3-6-10-15/h3-12,17H,2,13-14H2,1H3. The molecule has 0 saturated carbocycles. The number of benzene rings is 2. The molecule has 2 aromatic carbocycles. The van der Waals surface area contributed by atoms with E-state index in [4.69, 9.17) is 9.78 Å². The number of carbonyl (C=O) groups excluding carboxylic acids is 1. The Hall–Kier alpha value is -2.13. The molecule has 0 aliphatic carbocycles. The fraction of sp³-hybridized carbons (Fsp3) is 0.278. The van der Waals surface area contributed by atoms with Gasteiger partial charge >= 0.3 is 5.97 Å². The van der Waals surface area contributed by atoms with Crippen LogP contribution in [0.2, 0.25) is 0 Å². The first kappa shape index (κ1) is 15.3. The summed E-state index contributed by atoms with van der Waals surface area (Å²) >= 11 is 0. The zero-order valence-electron chi connectivity index (χ0n) is 12.2. The Morgan fingerprint density at radius 1 is 1.00 bits per heavy atom. The van der Waals surface area contributed by atoms with Crippen molar-refractivity contribution in [2.24, 2.45) is 0 Å². The van der Waals surface area contributed by atoms with Gasteiger partial charge in [0.2, 0.25) is 0 Å². The molecular formula is C18H20O3. The molecule has 1 unspecified atom stereocenters. The molecule has 0 aliphatic rings. The van der Waals surface area contributed by atoms with Crippen molar-refractivity contribution in [1.82, 2.24) is 0 Å². The zero-order chi connectivity index (χ0) is 14.9. The van der Waals surface area contributed by atoms with Gasteiger partial charge in [-0.2, -0.15) is 4.89 Å². The number of aryl methyl sites for hydroxylation is 1. The minimum atomic E-state index is -0.340. The molecule has 0 fully saturated rings. The van der Waals surface area contributed by atoms with Gasteiger partial charge in [-0.25, -0.2) is 4.79 Å². The van der Waals surface area contributed by atoms with E-state index in [2.05, 4.69) is 0 Å². The van der Waals surface area contributed by atoms with Crippen LogP contribution in [0.15, 0.2) is 60.7 Å². The van der Waals surface area contributed by atoms with Crippen LogP contribution >= 0.6 is 0 Å². The highest BCUT2D eigenvalue weighted by Crippen LogP contribution is 2.21. The monoisotopic (exact) mass is 284 g/mol. The average Bonchev–Trinajstić information content (AvgIpc) is 2.55. The van der Waals surface area contributed by atoms with Crippen molar-refractivity contribution in [2.45, 2.75) is 32.3 Å². The summed E-state index contributed by atoms with van der Waals surface area (Å²) in [6.45, 7) is 2.00. The molecule has 21 heavy (non-hydrogen) atoms. The number of carbonyl (C=O) groups is 1. The first-order valence-corrected chi connectivity index (χ1v) is 7.24. The molecule has 2 rings (SSSR count). The van der Waals surface area contributed by atoms with E-state index < -0.39 is 0 Å². The summed E-state index contributed by atoms with van der Waals surface area (Å²) in [4.78, 5) is 21.9. The van der Waals surface area contributed by atoms with Crippen molar-refractivity contribution in [3.8, 4) is 0 Å². The molecule has 0 N–H and O–H groups in total. The Kier molecular flexibility index (Phi) is 5.98. The van der Waals surface area contributed by atoms with E-state index in [1.807, 2.05) is 67.6 Å². The average molecular weight is 284 g/mol. The van der Waals surface area contributed by atoms with Crippen LogP contribution in [-0.4, -0.2) is 5.97 Å². The van der Waals surface area contributed by atoms with Crippen molar-refractivity contribution in [3.63, 3.8) is 0 Å². The van der Waals surface area contributed by atoms with Crippen LogP contribution < -0.4 is 0 Å². The van der Waals surface area contributed by atoms with E-state index in [0.717, 1.165) is 17.5 Å². The predicted molar refractivity (Wildman–Crippen MR) is 81.4 cm³/mol. The third-order valence-electron chi connectivity index (χ3n) is 3.26. The summed E-state index contributed by atoms with van der Waals surface area (Å²) < 4.78 is 0. The first-order chi connectivity index (χ1) is 10.3.